The molecule has 0 aliphatic carbocycles. The number of carbonyl (C=O) groups excluding carboxylic acids is 2. The van der Waals surface area contributed by atoms with Crippen molar-refractivity contribution >= 4 is 46.7 Å². The van der Waals surface area contributed by atoms with E-state index in [0.717, 1.165) is 11.1 Å². The first-order chi connectivity index (χ1) is 27.2. The topological polar surface area (TPSA) is 164 Å². The van der Waals surface area contributed by atoms with Gasteiger partial charge in [0.1, 0.15) is 17.3 Å². The zero-order chi connectivity index (χ0) is 40.6. The molecule has 2 unspecified atom stereocenters. The number of nitrogens with one attached hydrogen (secondary N) is 2. The minimum absolute atomic E-state index is 0.0283. The van der Waals surface area contributed by atoms with Crippen molar-refractivity contribution in [2.24, 2.45) is 5.92 Å². The van der Waals surface area contributed by atoms with Gasteiger partial charge >= 0.3 is 11.9 Å². The molecule has 2 fully saturated rings. The number of fused-ring (bicyclic) bond motifs is 1. The fraction of sp³-hybridized carbons (Fsp3) is 0.333. The van der Waals surface area contributed by atoms with E-state index in [4.69, 9.17) is 37.7 Å². The van der Waals surface area contributed by atoms with Crippen LogP contribution in [-0.4, -0.2) is 80.1 Å². The van der Waals surface area contributed by atoms with Crippen LogP contribution in [0, 0.1) is 5.92 Å². The normalized spacial score (nSPS) is 16.6. The number of pyridine rings is 2. The number of likely N-dealkylation sites (tertiary alicyclic amines) is 1. The van der Waals surface area contributed by atoms with Crippen LogP contribution >= 0.6 is 23.2 Å². The fourth-order valence-electron chi connectivity index (χ4n) is 7.18. The number of aromatic nitrogens is 3. The van der Waals surface area contributed by atoms with Gasteiger partial charge < -0.3 is 19.9 Å². The van der Waals surface area contributed by atoms with Gasteiger partial charge in [0, 0.05) is 72.8 Å². The molecule has 3 N–H and O–H groups in total. The summed E-state index contributed by atoms with van der Waals surface area (Å²) < 4.78 is 12.7. The summed E-state index contributed by atoms with van der Waals surface area (Å²) in [5.41, 5.74) is 4.64. The number of carboxylic acid groups (broad SMARTS) is 1. The second-order valence-corrected chi connectivity index (χ2v) is 16.0. The largest absolute Gasteiger partial charge is 0.481 e. The number of amides is 1. The number of halogens is 2. The molecule has 7 rings (SSSR count). The molecule has 3 aromatic heterocycles. The van der Waals surface area contributed by atoms with Gasteiger partial charge in [0.15, 0.2) is 0 Å². The predicted molar refractivity (Wildman–Crippen MR) is 216 cm³/mol. The Labute approximate surface area is 338 Å². The van der Waals surface area contributed by atoms with E-state index in [9.17, 15) is 24.3 Å². The smallest absolute Gasteiger partial charge is 0.325 e. The molecule has 0 bridgehead atoms. The number of nitrogens with zero attached hydrogens (tertiary/aromatic N) is 4. The van der Waals surface area contributed by atoms with Gasteiger partial charge in [0.2, 0.25) is 11.8 Å². The molecule has 296 valence electrons. The van der Waals surface area contributed by atoms with Crippen LogP contribution in [0.1, 0.15) is 44.7 Å². The minimum Gasteiger partial charge on any atom is -0.481 e. The predicted octanol–water partition coefficient (Wildman–Crippen LogP) is 6.00. The lowest BCUT2D eigenvalue weighted by molar-refractivity contribution is -0.158. The number of ether oxygens (including phenoxy) is 2. The Morgan fingerprint density at radius 3 is 2.32 bits per heavy atom. The van der Waals surface area contributed by atoms with E-state index in [0.29, 0.717) is 87.6 Å². The molecule has 1 amide bonds. The SMILES string of the molecule is COc1nc(-c2cccc(-c3cccc(-c4ccn5c(=O)c(CNC(C(=O)OC(C)(C)C)C6CCC(=O)N6)cnc5c4)c3Cl)c2Cl)ccc1CN1CC(C(=O)O)C1. The molecule has 5 aromatic rings. The highest BCUT2D eigenvalue weighted by Crippen LogP contribution is 2.42. The molecule has 0 radical (unpaired) electrons. The Morgan fingerprint density at radius 2 is 1.67 bits per heavy atom. The molecule has 2 aliphatic heterocycles. The van der Waals surface area contributed by atoms with Gasteiger partial charge in [-0.25, -0.2) is 9.97 Å². The summed E-state index contributed by atoms with van der Waals surface area (Å²) in [5.74, 6) is -1.36. The molecule has 2 aromatic carbocycles. The van der Waals surface area contributed by atoms with Crippen LogP contribution in [0.25, 0.3) is 39.2 Å². The van der Waals surface area contributed by atoms with Gasteiger partial charge in [-0.15, -0.1) is 0 Å². The highest BCUT2D eigenvalue weighted by Gasteiger charge is 2.36. The third-order valence-electron chi connectivity index (χ3n) is 10.1. The zero-order valence-electron chi connectivity index (χ0n) is 31.8. The lowest BCUT2D eigenvalue weighted by atomic mass is 9.97. The van der Waals surface area contributed by atoms with Crippen LogP contribution in [0.15, 0.2) is 77.9 Å². The highest BCUT2D eigenvalue weighted by molar-refractivity contribution is 6.39. The molecule has 13 nitrogen and oxygen atoms in total. The van der Waals surface area contributed by atoms with Crippen molar-refractivity contribution in [3.05, 3.63) is 105 Å². The number of aliphatic carboxylic acids is 1. The van der Waals surface area contributed by atoms with E-state index in [2.05, 4.69) is 15.6 Å². The maximum absolute atomic E-state index is 13.6. The van der Waals surface area contributed by atoms with Crippen molar-refractivity contribution in [3.8, 4) is 39.4 Å². The van der Waals surface area contributed by atoms with Gasteiger partial charge in [-0.05, 0) is 51.0 Å². The summed E-state index contributed by atoms with van der Waals surface area (Å²) in [5, 5.41) is 16.1. The van der Waals surface area contributed by atoms with E-state index < -0.39 is 29.6 Å². The number of rotatable bonds is 12. The summed E-state index contributed by atoms with van der Waals surface area (Å²) in [6.45, 7) is 6.82. The van der Waals surface area contributed by atoms with Crippen molar-refractivity contribution in [3.63, 3.8) is 0 Å². The molecule has 57 heavy (non-hydrogen) atoms. The number of methoxy groups -OCH3 is 1. The molecule has 2 aliphatic rings. The Morgan fingerprint density at radius 1 is 0.982 bits per heavy atom. The first kappa shape index (κ1) is 39.9. The second-order valence-electron chi connectivity index (χ2n) is 15.3. The quantitative estimate of drug-likeness (QED) is 0.127. The molecule has 2 atom stereocenters. The van der Waals surface area contributed by atoms with Crippen LogP contribution in [0.3, 0.4) is 0 Å². The average Bonchev–Trinajstić information content (AvgIpc) is 3.58. The fourth-order valence-corrected chi connectivity index (χ4v) is 7.84. The van der Waals surface area contributed by atoms with Crippen molar-refractivity contribution in [1.82, 2.24) is 29.9 Å². The Hall–Kier alpha value is -5.34. The van der Waals surface area contributed by atoms with Gasteiger partial charge in [-0.3, -0.25) is 33.8 Å². The zero-order valence-corrected chi connectivity index (χ0v) is 33.4. The lowest BCUT2D eigenvalue weighted by Gasteiger charge is -2.36. The van der Waals surface area contributed by atoms with Crippen LogP contribution in [0.2, 0.25) is 10.0 Å². The summed E-state index contributed by atoms with van der Waals surface area (Å²) in [4.78, 5) is 61.3. The van der Waals surface area contributed by atoms with Crippen molar-refractivity contribution in [2.45, 2.75) is 64.4 Å². The average molecular weight is 814 g/mol. The molecular formula is C42H42Cl2N6O7. The van der Waals surface area contributed by atoms with E-state index >= 15 is 0 Å². The van der Waals surface area contributed by atoms with Crippen LogP contribution in [0.5, 0.6) is 5.88 Å². The number of hydrogen-bond acceptors (Lipinski definition) is 10. The summed E-state index contributed by atoms with van der Waals surface area (Å²) in [6, 6.07) is 17.3. The Bertz CT molecular complexity index is 2440. The minimum atomic E-state index is -0.849. The van der Waals surface area contributed by atoms with Crippen molar-refractivity contribution in [2.75, 3.05) is 20.2 Å². The second kappa shape index (κ2) is 16.3. The summed E-state index contributed by atoms with van der Waals surface area (Å²) in [6.07, 6.45) is 3.89. The van der Waals surface area contributed by atoms with E-state index in [1.165, 1.54) is 10.6 Å². The molecule has 0 spiro atoms. The van der Waals surface area contributed by atoms with Crippen LogP contribution < -0.4 is 20.9 Å². The van der Waals surface area contributed by atoms with E-state index in [1.54, 1.807) is 46.2 Å². The Kier molecular flexibility index (Phi) is 11.4. The number of esters is 1. The maximum Gasteiger partial charge on any atom is 0.325 e. The third kappa shape index (κ3) is 8.52. The number of benzene rings is 2. The van der Waals surface area contributed by atoms with Crippen molar-refractivity contribution in [1.29, 1.82) is 0 Å². The van der Waals surface area contributed by atoms with Crippen LogP contribution in [-0.2, 0) is 32.2 Å². The monoisotopic (exact) mass is 812 g/mol. The third-order valence-corrected chi connectivity index (χ3v) is 10.9. The Balaban J connectivity index is 1.12. The molecule has 5 heterocycles. The van der Waals surface area contributed by atoms with Crippen LogP contribution in [0.4, 0.5) is 0 Å². The number of carbonyl (C=O) groups is 3. The molecule has 2 saturated heterocycles. The van der Waals surface area contributed by atoms with Gasteiger partial charge in [0.05, 0.1) is 40.4 Å². The number of carboxylic acids is 1. The molecular weight excluding hydrogens is 771 g/mol. The van der Waals surface area contributed by atoms with Gasteiger partial charge in [-0.1, -0.05) is 65.7 Å². The highest BCUT2D eigenvalue weighted by atomic mass is 35.5. The molecule has 15 heteroatoms. The first-order valence-corrected chi connectivity index (χ1v) is 19.3. The van der Waals surface area contributed by atoms with E-state index in [1.807, 2.05) is 53.4 Å². The summed E-state index contributed by atoms with van der Waals surface area (Å²) >= 11 is 14.2. The van der Waals surface area contributed by atoms with E-state index in [-0.39, 0.29) is 23.9 Å². The standard InChI is InChI=1S/C42H42Cl2N6O7/c1-42(2,3)57-41(55)37(32-13-14-34(51)47-32)46-19-25-18-45-33-17-23(15-16-50(33)39(25)52)27-7-5-8-28(35(27)43)29-9-6-10-30(36(29)44)31-12-11-24(38(48-31)56-4)20-49-21-26(22-49)40(53)54/h5-12,15-18,26,32,37,46H,13-14,19-22H2,1-4H3,(H,47,51)(H,53,54). The van der Waals surface area contributed by atoms with Gasteiger partial charge in [-0.2, -0.15) is 0 Å². The maximum atomic E-state index is 13.6. The molecule has 0 saturated carbocycles. The van der Waals surface area contributed by atoms with Gasteiger partial charge in [0.25, 0.3) is 5.56 Å². The first-order valence-electron chi connectivity index (χ1n) is 18.5. The lowest BCUT2D eigenvalue weighted by Crippen LogP contribution is -2.52. The summed E-state index contributed by atoms with van der Waals surface area (Å²) in [7, 11) is 1.55. The number of hydrogen-bond donors (Lipinski definition) is 3. The van der Waals surface area contributed by atoms with Crippen molar-refractivity contribution < 1.29 is 29.0 Å².